The summed E-state index contributed by atoms with van der Waals surface area (Å²) in [5.41, 5.74) is -3.07. The molecule has 0 atom stereocenters. The number of aryl methyl sites for hydroxylation is 1. The molecular formula is C12H12F8N2Si. The largest absolute Gasteiger partial charge is 0.459 e. The van der Waals surface area contributed by atoms with Crippen molar-refractivity contribution in [2.75, 3.05) is 0 Å². The molecule has 0 spiro atoms. The molecule has 130 valence electrons. The van der Waals surface area contributed by atoms with Crippen LogP contribution in [0.5, 0.6) is 0 Å². The van der Waals surface area contributed by atoms with Crippen molar-refractivity contribution in [1.29, 1.82) is 0 Å². The topological polar surface area (TPSA) is 17.8 Å². The minimum Gasteiger partial charge on any atom is -0.259 e. The fourth-order valence-corrected chi connectivity index (χ4v) is 2.03. The van der Waals surface area contributed by atoms with Gasteiger partial charge < -0.3 is 0 Å². The molecule has 2 nitrogen and oxygen atoms in total. The second-order valence-electron chi connectivity index (χ2n) is 5.77. The molecule has 1 aromatic heterocycles. The molecule has 0 aliphatic heterocycles. The second-order valence-corrected chi connectivity index (χ2v) is 10.5. The average molecular weight is 364 g/mol. The third-order valence-electron chi connectivity index (χ3n) is 2.54. The molecule has 0 saturated carbocycles. The second kappa shape index (κ2) is 5.50. The van der Waals surface area contributed by atoms with E-state index in [4.69, 9.17) is 0 Å². The lowest BCUT2D eigenvalue weighted by atomic mass is 10.1. The van der Waals surface area contributed by atoms with Crippen LogP contribution in [-0.4, -0.2) is 24.0 Å². The molecule has 1 heterocycles. The molecule has 11 heteroatoms. The number of rotatable bonds is 1. The van der Waals surface area contributed by atoms with E-state index in [1.54, 1.807) is 19.6 Å². The molecule has 0 fully saturated rings. The van der Waals surface area contributed by atoms with Crippen molar-refractivity contribution in [3.8, 4) is 11.5 Å². The lowest BCUT2D eigenvalue weighted by molar-refractivity contribution is -0.292. The van der Waals surface area contributed by atoms with Gasteiger partial charge >= 0.3 is 18.3 Å². The molecule has 1 aromatic rings. The fraction of sp³-hybridized carbons (Fsp3) is 0.583. The first-order valence-electron chi connectivity index (χ1n) is 6.11. The van der Waals surface area contributed by atoms with E-state index in [9.17, 15) is 35.1 Å². The Hall–Kier alpha value is -1.57. The lowest BCUT2D eigenvalue weighted by Crippen LogP contribution is -2.36. The van der Waals surface area contributed by atoms with E-state index >= 15 is 0 Å². The van der Waals surface area contributed by atoms with Crippen molar-refractivity contribution in [3.63, 3.8) is 0 Å². The zero-order chi connectivity index (χ0) is 18.4. The van der Waals surface area contributed by atoms with Crippen LogP contribution in [-0.2, 0) is 19.1 Å². The Morgan fingerprint density at radius 1 is 0.957 bits per heavy atom. The summed E-state index contributed by atoms with van der Waals surface area (Å²) in [6.07, 6.45) is -11.7. The standard InChI is InChI=1S/C12H12F8N2Si/c1-22-7(5-6-23(2,3)4)8(11(15,16)17)9(21-22)10(13,14)12(18,19)20/h1-4H3. The summed E-state index contributed by atoms with van der Waals surface area (Å²) in [5.74, 6) is -3.68. The van der Waals surface area contributed by atoms with Crippen molar-refractivity contribution < 1.29 is 35.1 Å². The van der Waals surface area contributed by atoms with Crippen molar-refractivity contribution in [2.24, 2.45) is 7.05 Å². The first-order valence-corrected chi connectivity index (χ1v) is 9.61. The maximum atomic E-state index is 13.4. The number of nitrogens with zero attached hydrogens (tertiary/aromatic N) is 2. The highest BCUT2D eigenvalue weighted by Crippen LogP contribution is 2.48. The van der Waals surface area contributed by atoms with E-state index in [1.807, 2.05) is 0 Å². The van der Waals surface area contributed by atoms with Crippen molar-refractivity contribution in [1.82, 2.24) is 9.78 Å². The summed E-state index contributed by atoms with van der Waals surface area (Å²) in [4.78, 5) is 0. The van der Waals surface area contributed by atoms with E-state index in [2.05, 4.69) is 16.6 Å². The molecule has 0 radical (unpaired) electrons. The highest BCUT2D eigenvalue weighted by Gasteiger charge is 2.64. The summed E-state index contributed by atoms with van der Waals surface area (Å²) in [7, 11) is -1.36. The van der Waals surface area contributed by atoms with Gasteiger partial charge in [-0.3, -0.25) is 4.68 Å². The number of halogens is 8. The highest BCUT2D eigenvalue weighted by atomic mass is 28.3. The van der Waals surface area contributed by atoms with Gasteiger partial charge in [0.05, 0.1) is 0 Å². The monoisotopic (exact) mass is 364 g/mol. The number of hydrogen-bond acceptors (Lipinski definition) is 1. The van der Waals surface area contributed by atoms with Crippen LogP contribution >= 0.6 is 0 Å². The van der Waals surface area contributed by atoms with E-state index in [1.165, 1.54) is 0 Å². The predicted molar refractivity (Wildman–Crippen MR) is 68.4 cm³/mol. The van der Waals surface area contributed by atoms with E-state index in [-0.39, 0.29) is 0 Å². The van der Waals surface area contributed by atoms with Gasteiger partial charge in [0, 0.05) is 7.05 Å². The molecule has 0 aliphatic carbocycles. The van der Waals surface area contributed by atoms with Gasteiger partial charge in [0.2, 0.25) is 0 Å². The average Bonchev–Trinajstić information content (AvgIpc) is 2.61. The summed E-state index contributed by atoms with van der Waals surface area (Å²) in [6.45, 7) is 5.03. The minimum absolute atomic E-state index is 0.297. The van der Waals surface area contributed by atoms with Crippen LogP contribution in [0.25, 0.3) is 0 Å². The normalized spacial score (nSPS) is 13.7. The van der Waals surface area contributed by atoms with E-state index in [0.29, 0.717) is 4.68 Å². The number of aromatic nitrogens is 2. The SMILES string of the molecule is Cn1nc(C(F)(F)C(F)(F)F)c(C(F)(F)F)c1C#C[Si](C)(C)C. The first kappa shape index (κ1) is 19.5. The van der Waals surface area contributed by atoms with Gasteiger partial charge in [0.25, 0.3) is 0 Å². The minimum atomic E-state index is -6.20. The molecule has 0 bridgehead atoms. The molecule has 0 aromatic carbocycles. The third-order valence-corrected chi connectivity index (χ3v) is 3.42. The van der Waals surface area contributed by atoms with Gasteiger partial charge in [-0.25, -0.2) is 0 Å². The zero-order valence-electron chi connectivity index (χ0n) is 12.4. The summed E-state index contributed by atoms with van der Waals surface area (Å²) >= 11 is 0. The number of hydrogen-bond donors (Lipinski definition) is 0. The van der Waals surface area contributed by atoms with Gasteiger partial charge in [-0.2, -0.15) is 40.2 Å². The Labute approximate surface area is 127 Å². The first-order chi connectivity index (χ1) is 9.98. The lowest BCUT2D eigenvalue weighted by Gasteiger charge is -2.19. The number of alkyl halides is 8. The smallest absolute Gasteiger partial charge is 0.259 e. The Morgan fingerprint density at radius 2 is 1.43 bits per heavy atom. The van der Waals surface area contributed by atoms with Crippen LogP contribution in [0.2, 0.25) is 19.6 Å². The van der Waals surface area contributed by atoms with Crippen molar-refractivity contribution >= 4 is 8.07 Å². The van der Waals surface area contributed by atoms with Crippen LogP contribution in [0.1, 0.15) is 17.0 Å². The summed E-state index contributed by atoms with van der Waals surface area (Å²) < 4.78 is 103. The van der Waals surface area contributed by atoms with Crippen LogP contribution in [0, 0.1) is 11.5 Å². The molecule has 0 unspecified atom stereocenters. The van der Waals surface area contributed by atoms with Gasteiger partial charge in [0.1, 0.15) is 19.3 Å². The summed E-state index contributed by atoms with van der Waals surface area (Å²) in [5, 5.41) is 2.76. The van der Waals surface area contributed by atoms with Crippen LogP contribution in [0.4, 0.5) is 35.1 Å². The molecule has 0 aliphatic rings. The fourth-order valence-electron chi connectivity index (χ4n) is 1.54. The predicted octanol–water partition coefficient (Wildman–Crippen LogP) is 4.32. The maximum absolute atomic E-state index is 13.4. The Kier molecular flexibility index (Phi) is 4.66. The Morgan fingerprint density at radius 3 is 1.78 bits per heavy atom. The molecule has 1 rings (SSSR count). The van der Waals surface area contributed by atoms with Gasteiger partial charge in [-0.1, -0.05) is 25.6 Å². The Balaban J connectivity index is 3.74. The zero-order valence-corrected chi connectivity index (χ0v) is 13.4. The summed E-state index contributed by atoms with van der Waals surface area (Å²) in [6, 6.07) is 0. The quantitative estimate of drug-likeness (QED) is 0.412. The molecule has 0 saturated heterocycles. The Bertz CT molecular complexity index is 652. The van der Waals surface area contributed by atoms with Crippen molar-refractivity contribution in [3.05, 3.63) is 17.0 Å². The third kappa shape index (κ3) is 4.04. The van der Waals surface area contributed by atoms with Crippen LogP contribution in [0.15, 0.2) is 0 Å². The van der Waals surface area contributed by atoms with Gasteiger partial charge in [-0.05, 0) is 0 Å². The van der Waals surface area contributed by atoms with Crippen molar-refractivity contribution in [2.45, 2.75) is 37.9 Å². The molecule has 23 heavy (non-hydrogen) atoms. The molecule has 0 N–H and O–H groups in total. The van der Waals surface area contributed by atoms with E-state index < -0.39 is 43.3 Å². The van der Waals surface area contributed by atoms with Gasteiger partial charge in [-0.15, -0.1) is 5.54 Å². The van der Waals surface area contributed by atoms with Crippen LogP contribution < -0.4 is 0 Å². The van der Waals surface area contributed by atoms with Crippen LogP contribution in [0.3, 0.4) is 0 Å². The van der Waals surface area contributed by atoms with E-state index in [0.717, 1.165) is 7.05 Å². The molecular weight excluding hydrogens is 352 g/mol. The highest BCUT2D eigenvalue weighted by molar-refractivity contribution is 6.83. The molecule has 0 amide bonds. The van der Waals surface area contributed by atoms with Gasteiger partial charge in [0.15, 0.2) is 5.69 Å². The maximum Gasteiger partial charge on any atom is 0.459 e.